The number of hydrogen-bond acceptors (Lipinski definition) is 2. The highest BCUT2D eigenvalue weighted by Gasteiger charge is 2.22. The Labute approximate surface area is 128 Å². The standard InChI is InChI=1S/C18H27NO2/c1-5-18(21,6-2)13-19-17(20)12-9-15-7-10-16(11-8-15)14(3)4/h7-12,14,21H,5-6,13H2,1-4H3,(H,19,20). The molecule has 1 amide bonds. The van der Waals surface area contributed by atoms with Gasteiger partial charge in [0.25, 0.3) is 0 Å². The Morgan fingerprint density at radius 3 is 2.29 bits per heavy atom. The summed E-state index contributed by atoms with van der Waals surface area (Å²) in [5, 5.41) is 12.9. The van der Waals surface area contributed by atoms with Crippen molar-refractivity contribution in [1.82, 2.24) is 5.32 Å². The second-order valence-corrected chi connectivity index (χ2v) is 5.80. The number of aliphatic hydroxyl groups is 1. The van der Waals surface area contributed by atoms with Crippen molar-refractivity contribution < 1.29 is 9.90 Å². The maximum Gasteiger partial charge on any atom is 0.244 e. The summed E-state index contributed by atoms with van der Waals surface area (Å²) in [6, 6.07) is 8.17. The third-order valence-electron chi connectivity index (χ3n) is 3.94. The van der Waals surface area contributed by atoms with Crippen LogP contribution in [0.15, 0.2) is 30.3 Å². The van der Waals surface area contributed by atoms with Gasteiger partial charge >= 0.3 is 0 Å². The summed E-state index contributed by atoms with van der Waals surface area (Å²) < 4.78 is 0. The molecule has 0 unspecified atom stereocenters. The van der Waals surface area contributed by atoms with Crippen LogP contribution in [0.1, 0.15) is 57.6 Å². The van der Waals surface area contributed by atoms with Gasteiger partial charge in [-0.15, -0.1) is 0 Å². The van der Waals surface area contributed by atoms with Gasteiger partial charge in [-0.2, -0.15) is 0 Å². The molecule has 0 aliphatic heterocycles. The van der Waals surface area contributed by atoms with Crippen LogP contribution >= 0.6 is 0 Å². The summed E-state index contributed by atoms with van der Waals surface area (Å²) in [4.78, 5) is 11.8. The molecule has 0 bridgehead atoms. The predicted octanol–water partition coefficient (Wildman–Crippen LogP) is 3.49. The molecular weight excluding hydrogens is 262 g/mol. The lowest BCUT2D eigenvalue weighted by atomic mass is 9.97. The number of rotatable bonds is 7. The van der Waals surface area contributed by atoms with Crippen LogP contribution in [0, 0.1) is 0 Å². The van der Waals surface area contributed by atoms with E-state index in [-0.39, 0.29) is 12.5 Å². The number of carbonyl (C=O) groups excluding carboxylic acids is 1. The minimum Gasteiger partial charge on any atom is -0.388 e. The summed E-state index contributed by atoms with van der Waals surface area (Å²) in [5.41, 5.74) is 1.48. The van der Waals surface area contributed by atoms with Crippen LogP contribution in [-0.4, -0.2) is 23.2 Å². The fourth-order valence-electron chi connectivity index (χ4n) is 1.97. The van der Waals surface area contributed by atoms with E-state index in [9.17, 15) is 9.90 Å². The molecule has 0 saturated heterocycles. The molecule has 1 rings (SSSR count). The highest BCUT2D eigenvalue weighted by Crippen LogP contribution is 2.15. The summed E-state index contributed by atoms with van der Waals surface area (Å²) >= 11 is 0. The van der Waals surface area contributed by atoms with Gasteiger partial charge in [0.15, 0.2) is 0 Å². The first-order valence-corrected chi connectivity index (χ1v) is 7.68. The summed E-state index contributed by atoms with van der Waals surface area (Å²) in [7, 11) is 0. The van der Waals surface area contributed by atoms with Crippen molar-refractivity contribution in [3.8, 4) is 0 Å². The van der Waals surface area contributed by atoms with E-state index in [0.29, 0.717) is 18.8 Å². The molecule has 3 heteroatoms. The fourth-order valence-corrected chi connectivity index (χ4v) is 1.97. The second-order valence-electron chi connectivity index (χ2n) is 5.80. The molecule has 2 N–H and O–H groups in total. The Balaban J connectivity index is 2.54. The first-order chi connectivity index (χ1) is 9.90. The Morgan fingerprint density at radius 2 is 1.81 bits per heavy atom. The highest BCUT2D eigenvalue weighted by molar-refractivity contribution is 5.91. The molecule has 0 aromatic heterocycles. The van der Waals surface area contributed by atoms with Crippen molar-refractivity contribution in [2.45, 2.75) is 52.1 Å². The van der Waals surface area contributed by atoms with E-state index in [1.807, 2.05) is 26.0 Å². The van der Waals surface area contributed by atoms with Gasteiger partial charge in [-0.25, -0.2) is 0 Å². The van der Waals surface area contributed by atoms with Crippen molar-refractivity contribution >= 4 is 12.0 Å². The quantitative estimate of drug-likeness (QED) is 0.755. The van der Waals surface area contributed by atoms with Crippen LogP contribution in [-0.2, 0) is 4.79 Å². The van der Waals surface area contributed by atoms with Crippen LogP contribution in [0.5, 0.6) is 0 Å². The van der Waals surface area contributed by atoms with Crippen LogP contribution in [0.25, 0.3) is 6.08 Å². The molecule has 0 aliphatic rings. The molecule has 1 aromatic rings. The molecule has 0 radical (unpaired) electrons. The molecular formula is C18H27NO2. The SMILES string of the molecule is CCC(O)(CC)CNC(=O)C=Cc1ccc(C(C)C)cc1. The average molecular weight is 289 g/mol. The van der Waals surface area contributed by atoms with Crippen molar-refractivity contribution in [1.29, 1.82) is 0 Å². The van der Waals surface area contributed by atoms with E-state index in [1.54, 1.807) is 6.08 Å². The molecule has 0 aliphatic carbocycles. The summed E-state index contributed by atoms with van der Waals surface area (Å²) in [6.07, 6.45) is 4.56. The average Bonchev–Trinajstić information content (AvgIpc) is 2.51. The van der Waals surface area contributed by atoms with Crippen LogP contribution in [0.3, 0.4) is 0 Å². The Bertz CT molecular complexity index is 470. The lowest BCUT2D eigenvalue weighted by molar-refractivity contribution is -0.117. The zero-order valence-electron chi connectivity index (χ0n) is 13.5. The number of nitrogens with one attached hydrogen (secondary N) is 1. The molecule has 0 spiro atoms. The first-order valence-electron chi connectivity index (χ1n) is 7.68. The van der Waals surface area contributed by atoms with Gasteiger partial charge in [0.2, 0.25) is 5.91 Å². The van der Waals surface area contributed by atoms with Crippen molar-refractivity contribution in [3.63, 3.8) is 0 Å². The monoisotopic (exact) mass is 289 g/mol. The summed E-state index contributed by atoms with van der Waals surface area (Å²) in [5.74, 6) is 0.329. The topological polar surface area (TPSA) is 49.3 Å². The van der Waals surface area contributed by atoms with Gasteiger partial charge in [0.05, 0.1) is 5.60 Å². The van der Waals surface area contributed by atoms with Crippen molar-refractivity contribution in [2.75, 3.05) is 6.54 Å². The van der Waals surface area contributed by atoms with E-state index in [4.69, 9.17) is 0 Å². The van der Waals surface area contributed by atoms with E-state index < -0.39 is 5.60 Å². The number of benzene rings is 1. The number of hydrogen-bond donors (Lipinski definition) is 2. The molecule has 0 fully saturated rings. The smallest absolute Gasteiger partial charge is 0.244 e. The Hall–Kier alpha value is -1.61. The largest absolute Gasteiger partial charge is 0.388 e. The molecule has 0 atom stereocenters. The van der Waals surface area contributed by atoms with E-state index in [0.717, 1.165) is 5.56 Å². The maximum atomic E-state index is 11.8. The molecule has 21 heavy (non-hydrogen) atoms. The lowest BCUT2D eigenvalue weighted by Gasteiger charge is -2.24. The molecule has 0 heterocycles. The molecule has 1 aromatic carbocycles. The third kappa shape index (κ3) is 5.72. The van der Waals surface area contributed by atoms with Crippen LogP contribution in [0.4, 0.5) is 0 Å². The van der Waals surface area contributed by atoms with Crippen LogP contribution in [0.2, 0.25) is 0 Å². The van der Waals surface area contributed by atoms with E-state index in [2.05, 4.69) is 31.3 Å². The van der Waals surface area contributed by atoms with Gasteiger partial charge in [-0.1, -0.05) is 52.0 Å². The normalized spacial score (nSPS) is 12.1. The first kappa shape index (κ1) is 17.4. The Kier molecular flexibility index (Phi) is 6.63. The van der Waals surface area contributed by atoms with Crippen molar-refractivity contribution in [2.24, 2.45) is 0 Å². The zero-order chi connectivity index (χ0) is 15.9. The summed E-state index contributed by atoms with van der Waals surface area (Å²) in [6.45, 7) is 8.43. The zero-order valence-corrected chi connectivity index (χ0v) is 13.5. The van der Waals surface area contributed by atoms with Gasteiger partial charge in [0.1, 0.15) is 0 Å². The maximum absolute atomic E-state index is 11.8. The van der Waals surface area contributed by atoms with E-state index >= 15 is 0 Å². The molecule has 0 saturated carbocycles. The second kappa shape index (κ2) is 7.99. The van der Waals surface area contributed by atoms with Gasteiger partial charge in [-0.3, -0.25) is 4.79 Å². The van der Waals surface area contributed by atoms with Crippen LogP contribution < -0.4 is 5.32 Å². The minimum absolute atomic E-state index is 0.178. The minimum atomic E-state index is -0.803. The number of amides is 1. The highest BCUT2D eigenvalue weighted by atomic mass is 16.3. The van der Waals surface area contributed by atoms with Gasteiger partial charge in [0, 0.05) is 12.6 Å². The fraction of sp³-hybridized carbons (Fsp3) is 0.500. The molecule has 3 nitrogen and oxygen atoms in total. The lowest BCUT2D eigenvalue weighted by Crippen LogP contribution is -2.41. The van der Waals surface area contributed by atoms with Gasteiger partial charge in [-0.05, 0) is 36.0 Å². The predicted molar refractivity (Wildman–Crippen MR) is 88.1 cm³/mol. The third-order valence-corrected chi connectivity index (χ3v) is 3.94. The Morgan fingerprint density at radius 1 is 1.24 bits per heavy atom. The van der Waals surface area contributed by atoms with Gasteiger partial charge < -0.3 is 10.4 Å². The van der Waals surface area contributed by atoms with Crippen molar-refractivity contribution in [3.05, 3.63) is 41.5 Å². The van der Waals surface area contributed by atoms with E-state index in [1.165, 1.54) is 11.6 Å². The number of carbonyl (C=O) groups is 1. The molecule has 116 valence electrons.